The first kappa shape index (κ1) is 15.3. The van der Waals surface area contributed by atoms with Crippen molar-refractivity contribution in [3.05, 3.63) is 70.9 Å². The number of nitrogen functional groups attached to an aromatic ring is 1. The molecule has 1 heterocycles. The number of nitrogens with one attached hydrogen (secondary N) is 1. The van der Waals surface area contributed by atoms with Crippen LogP contribution < -0.4 is 11.1 Å². The molecule has 1 unspecified atom stereocenters. The lowest BCUT2D eigenvalue weighted by Gasteiger charge is -2.28. The molecule has 112 valence electrons. The van der Waals surface area contributed by atoms with Crippen LogP contribution in [0.1, 0.15) is 12.0 Å². The summed E-state index contributed by atoms with van der Waals surface area (Å²) in [4.78, 5) is 4.35. The summed E-state index contributed by atoms with van der Waals surface area (Å²) in [6, 6.07) is 11.8. The van der Waals surface area contributed by atoms with Crippen LogP contribution in [0.2, 0.25) is 0 Å². The Bertz CT molecular complexity index is 721. The number of halogens is 2. The molecule has 3 nitrogen and oxygen atoms in total. The molecule has 0 aliphatic heterocycles. The standard InChI is InChI=1S/C17H15Br2N3/c18-14-3-6-16(21-11-14)22-17(19)9-7-13(8-10-17)12-1-4-15(20)5-2-12/h1-9,11H,10,20H2,(H,21,22). The highest BCUT2D eigenvalue weighted by Gasteiger charge is 2.25. The van der Waals surface area contributed by atoms with Gasteiger partial charge in [0.2, 0.25) is 0 Å². The van der Waals surface area contributed by atoms with Crippen molar-refractivity contribution in [1.82, 2.24) is 4.98 Å². The minimum atomic E-state index is -0.314. The maximum Gasteiger partial charge on any atom is 0.127 e. The van der Waals surface area contributed by atoms with Gasteiger partial charge in [0.15, 0.2) is 0 Å². The van der Waals surface area contributed by atoms with Gasteiger partial charge in [0, 0.05) is 22.8 Å². The molecule has 0 saturated heterocycles. The molecule has 1 aliphatic carbocycles. The molecule has 0 spiro atoms. The van der Waals surface area contributed by atoms with Crippen LogP contribution >= 0.6 is 31.9 Å². The Balaban J connectivity index is 1.73. The van der Waals surface area contributed by atoms with Crippen LogP contribution in [0.3, 0.4) is 0 Å². The number of anilines is 2. The average molecular weight is 421 g/mol. The van der Waals surface area contributed by atoms with E-state index < -0.39 is 0 Å². The number of benzene rings is 1. The van der Waals surface area contributed by atoms with Crippen molar-refractivity contribution in [3.8, 4) is 0 Å². The molecular weight excluding hydrogens is 406 g/mol. The first-order chi connectivity index (χ1) is 10.5. The summed E-state index contributed by atoms with van der Waals surface area (Å²) in [5.74, 6) is 0.828. The SMILES string of the molecule is Nc1ccc(C2=CCC(Br)(Nc3ccc(Br)cn3)C=C2)cc1. The predicted molar refractivity (Wildman–Crippen MR) is 99.8 cm³/mol. The molecule has 1 aliphatic rings. The molecule has 3 N–H and O–H groups in total. The Kier molecular flexibility index (Phi) is 4.36. The third kappa shape index (κ3) is 3.59. The minimum Gasteiger partial charge on any atom is -0.399 e. The van der Waals surface area contributed by atoms with Gasteiger partial charge in [-0.1, -0.05) is 40.2 Å². The van der Waals surface area contributed by atoms with E-state index in [1.165, 1.54) is 11.1 Å². The van der Waals surface area contributed by atoms with Gasteiger partial charge in [-0.2, -0.15) is 0 Å². The fourth-order valence-electron chi connectivity index (χ4n) is 2.26. The number of rotatable bonds is 3. The summed E-state index contributed by atoms with van der Waals surface area (Å²) in [6.07, 6.45) is 9.02. The first-order valence-electron chi connectivity index (χ1n) is 6.88. The van der Waals surface area contributed by atoms with Crippen LogP contribution in [0, 0.1) is 0 Å². The molecule has 1 aromatic heterocycles. The molecule has 1 aromatic carbocycles. The Labute approximate surface area is 146 Å². The van der Waals surface area contributed by atoms with Crippen molar-refractivity contribution < 1.29 is 0 Å². The van der Waals surface area contributed by atoms with Crippen molar-refractivity contribution in [1.29, 1.82) is 0 Å². The van der Waals surface area contributed by atoms with Gasteiger partial charge in [-0.3, -0.25) is 0 Å². The quantitative estimate of drug-likeness (QED) is 0.418. The predicted octanol–water partition coefficient (Wildman–Crippen LogP) is 4.97. The van der Waals surface area contributed by atoms with E-state index in [0.717, 1.165) is 22.4 Å². The van der Waals surface area contributed by atoms with Gasteiger partial charge in [0.1, 0.15) is 10.3 Å². The van der Waals surface area contributed by atoms with E-state index in [1.54, 1.807) is 6.20 Å². The van der Waals surface area contributed by atoms with Gasteiger partial charge < -0.3 is 11.1 Å². The molecule has 0 fully saturated rings. The largest absolute Gasteiger partial charge is 0.399 e. The number of hydrogen-bond acceptors (Lipinski definition) is 3. The fourth-order valence-corrected chi connectivity index (χ4v) is 2.99. The van der Waals surface area contributed by atoms with Crippen LogP contribution in [0.4, 0.5) is 11.5 Å². The second-order valence-electron chi connectivity index (χ2n) is 5.17. The topological polar surface area (TPSA) is 50.9 Å². The number of aromatic nitrogens is 1. The number of allylic oxidation sites excluding steroid dienone is 2. The van der Waals surface area contributed by atoms with Gasteiger partial charge in [0.25, 0.3) is 0 Å². The van der Waals surface area contributed by atoms with E-state index in [2.05, 4.69) is 60.4 Å². The molecule has 3 rings (SSSR count). The van der Waals surface area contributed by atoms with E-state index in [1.807, 2.05) is 36.4 Å². The Morgan fingerprint density at radius 1 is 1.14 bits per heavy atom. The van der Waals surface area contributed by atoms with E-state index >= 15 is 0 Å². The molecule has 0 bridgehead atoms. The zero-order valence-corrected chi connectivity index (χ0v) is 14.9. The second kappa shape index (κ2) is 6.26. The van der Waals surface area contributed by atoms with Gasteiger partial charge in [-0.05, 0) is 57.4 Å². The summed E-state index contributed by atoms with van der Waals surface area (Å²) >= 11 is 7.14. The smallest absolute Gasteiger partial charge is 0.127 e. The zero-order valence-electron chi connectivity index (χ0n) is 11.8. The normalized spacial score (nSPS) is 20.5. The van der Waals surface area contributed by atoms with Crippen LogP contribution in [-0.2, 0) is 0 Å². The van der Waals surface area contributed by atoms with Gasteiger partial charge in [-0.15, -0.1) is 0 Å². The van der Waals surface area contributed by atoms with E-state index in [-0.39, 0.29) is 4.45 Å². The Hall–Kier alpha value is -1.59. The molecular formula is C17H15Br2N3. The molecule has 2 aromatic rings. The first-order valence-corrected chi connectivity index (χ1v) is 8.47. The molecule has 1 atom stereocenters. The van der Waals surface area contributed by atoms with Crippen molar-refractivity contribution >= 4 is 48.9 Å². The molecule has 0 amide bonds. The fraction of sp³-hybridized carbons (Fsp3) is 0.118. The highest BCUT2D eigenvalue weighted by molar-refractivity contribution is 9.10. The summed E-state index contributed by atoms with van der Waals surface area (Å²) < 4.78 is 0.650. The third-order valence-corrected chi connectivity index (χ3v) is 4.71. The summed E-state index contributed by atoms with van der Waals surface area (Å²) in [7, 11) is 0. The third-order valence-electron chi connectivity index (χ3n) is 3.45. The van der Waals surface area contributed by atoms with Gasteiger partial charge in [0.05, 0.1) is 0 Å². The molecule has 22 heavy (non-hydrogen) atoms. The monoisotopic (exact) mass is 419 g/mol. The number of pyridine rings is 1. The average Bonchev–Trinajstić information content (AvgIpc) is 2.51. The summed E-state index contributed by atoms with van der Waals surface area (Å²) in [5, 5.41) is 3.40. The Morgan fingerprint density at radius 2 is 1.91 bits per heavy atom. The molecule has 5 heteroatoms. The Morgan fingerprint density at radius 3 is 2.50 bits per heavy atom. The van der Waals surface area contributed by atoms with Crippen LogP contribution in [0.25, 0.3) is 5.57 Å². The lowest BCUT2D eigenvalue weighted by atomic mass is 9.97. The van der Waals surface area contributed by atoms with Crippen LogP contribution in [-0.4, -0.2) is 9.43 Å². The van der Waals surface area contributed by atoms with Crippen molar-refractivity contribution in [3.63, 3.8) is 0 Å². The van der Waals surface area contributed by atoms with Gasteiger partial charge >= 0.3 is 0 Å². The maximum atomic E-state index is 5.73. The molecule has 0 radical (unpaired) electrons. The summed E-state index contributed by atoms with van der Waals surface area (Å²) in [6.45, 7) is 0. The van der Waals surface area contributed by atoms with Crippen molar-refractivity contribution in [2.24, 2.45) is 0 Å². The lowest BCUT2D eigenvalue weighted by Crippen LogP contribution is -2.29. The van der Waals surface area contributed by atoms with Crippen molar-refractivity contribution in [2.45, 2.75) is 10.9 Å². The highest BCUT2D eigenvalue weighted by Crippen LogP contribution is 2.33. The number of alkyl halides is 1. The van der Waals surface area contributed by atoms with E-state index in [9.17, 15) is 0 Å². The van der Waals surface area contributed by atoms with Crippen molar-refractivity contribution in [2.75, 3.05) is 11.1 Å². The molecule has 0 saturated carbocycles. The number of nitrogens with zero attached hydrogens (tertiary/aromatic N) is 1. The highest BCUT2D eigenvalue weighted by atomic mass is 79.9. The number of nitrogens with two attached hydrogens (primary N) is 1. The minimum absolute atomic E-state index is 0.314. The zero-order chi connectivity index (χ0) is 15.6. The maximum absolute atomic E-state index is 5.73. The second-order valence-corrected chi connectivity index (χ2v) is 7.50. The van der Waals surface area contributed by atoms with Crippen LogP contribution in [0.15, 0.2) is 65.3 Å². The van der Waals surface area contributed by atoms with Gasteiger partial charge in [-0.25, -0.2) is 4.98 Å². The number of hydrogen-bond donors (Lipinski definition) is 2. The van der Waals surface area contributed by atoms with E-state index in [0.29, 0.717) is 0 Å². The van der Waals surface area contributed by atoms with Crippen LogP contribution in [0.5, 0.6) is 0 Å². The lowest BCUT2D eigenvalue weighted by molar-refractivity contribution is 0.827. The summed E-state index contributed by atoms with van der Waals surface area (Å²) in [5.41, 5.74) is 8.87. The van der Waals surface area contributed by atoms with E-state index in [4.69, 9.17) is 5.73 Å².